The van der Waals surface area contributed by atoms with Gasteiger partial charge in [-0.25, -0.2) is 4.98 Å². The molecule has 5 heterocycles. The first-order chi connectivity index (χ1) is 32.7. The molecule has 2 aliphatic heterocycles. The fourth-order valence-electron chi connectivity index (χ4n) is 8.95. The molecule has 1 unspecified atom stereocenters. The number of pyridine rings is 3. The van der Waals surface area contributed by atoms with Crippen molar-refractivity contribution in [1.82, 2.24) is 40.7 Å². The van der Waals surface area contributed by atoms with E-state index >= 15 is 0 Å². The highest BCUT2D eigenvalue weighted by molar-refractivity contribution is 5.94. The van der Waals surface area contributed by atoms with Gasteiger partial charge in [0.15, 0.2) is 0 Å². The number of piperidine rings is 1. The van der Waals surface area contributed by atoms with E-state index < -0.39 is 0 Å². The number of rotatable bonds is 22. The van der Waals surface area contributed by atoms with Crippen molar-refractivity contribution in [1.29, 1.82) is 0 Å². The summed E-state index contributed by atoms with van der Waals surface area (Å²) in [4.78, 5) is 70.1. The molecular formula is C52H67N9O6. The summed E-state index contributed by atoms with van der Waals surface area (Å²) >= 11 is 0. The van der Waals surface area contributed by atoms with Crippen LogP contribution in [-0.4, -0.2) is 115 Å². The SMILES string of the molecule is CCOc1cc(OC)ccc1CNCC(=O)N1CCCC(c2cccc(C(=O)NCCCCCCCNC(=O)c3ccc(N4CCN(Cc5cnc6cc(CC)c(=O)[nH]c6c5)CC4)cn3)c2)C1. The molecule has 0 bridgehead atoms. The van der Waals surface area contributed by atoms with Crippen molar-refractivity contribution in [3.05, 3.63) is 123 Å². The molecule has 356 valence electrons. The summed E-state index contributed by atoms with van der Waals surface area (Å²) in [5.41, 5.74) is 7.47. The Hall–Kier alpha value is -6.32. The quantitative estimate of drug-likeness (QED) is 0.0581. The monoisotopic (exact) mass is 914 g/mol. The van der Waals surface area contributed by atoms with Crippen LogP contribution in [0.2, 0.25) is 0 Å². The summed E-state index contributed by atoms with van der Waals surface area (Å²) in [5.74, 6) is 1.47. The lowest BCUT2D eigenvalue weighted by Crippen LogP contribution is -2.46. The molecule has 1 atom stereocenters. The summed E-state index contributed by atoms with van der Waals surface area (Å²) in [6.07, 6.45) is 11.0. The number of aromatic nitrogens is 3. The second-order valence-corrected chi connectivity index (χ2v) is 17.5. The van der Waals surface area contributed by atoms with Gasteiger partial charge in [-0.3, -0.25) is 29.1 Å². The Kier molecular flexibility index (Phi) is 17.7. The average molecular weight is 914 g/mol. The van der Waals surface area contributed by atoms with E-state index in [1.54, 1.807) is 19.4 Å². The molecular weight excluding hydrogens is 847 g/mol. The highest BCUT2D eigenvalue weighted by Gasteiger charge is 2.25. The van der Waals surface area contributed by atoms with Crippen molar-refractivity contribution in [2.45, 2.75) is 84.2 Å². The number of carbonyl (C=O) groups excluding carboxylic acids is 3. The number of hydrogen-bond donors (Lipinski definition) is 4. The molecule has 2 aromatic carbocycles. The molecule has 7 rings (SSSR count). The maximum atomic E-state index is 13.2. The number of hydrogen-bond acceptors (Lipinski definition) is 11. The maximum Gasteiger partial charge on any atom is 0.269 e. The number of nitrogens with zero attached hydrogens (tertiary/aromatic N) is 5. The summed E-state index contributed by atoms with van der Waals surface area (Å²) in [5, 5.41) is 9.38. The molecule has 15 heteroatoms. The average Bonchev–Trinajstić information content (AvgIpc) is 3.36. The van der Waals surface area contributed by atoms with Gasteiger partial charge in [0, 0.05) is 100 Å². The minimum Gasteiger partial charge on any atom is -0.497 e. The third-order valence-corrected chi connectivity index (χ3v) is 12.8. The van der Waals surface area contributed by atoms with Crippen LogP contribution in [0, 0.1) is 0 Å². The minimum atomic E-state index is -0.167. The standard InChI is InChI=1S/C52H67N9O6/c1-4-38-29-46-47(58-51(38)64)27-37(31-56-46)35-59-23-25-60(26-24-59)43-17-19-45(57-33-43)52(65)55-21-10-8-6-7-9-20-54-50(63)40-14-11-13-39(28-40)42-15-12-22-61(36-42)49(62)34-53-32-41-16-18-44(66-3)30-48(41)67-5-2/h11,13-14,16-19,27-31,33,42,53H,4-10,12,15,20-26,32,34-36H2,1-3H3,(H,54,63)(H,55,65)(H,58,64). The highest BCUT2D eigenvalue weighted by Crippen LogP contribution is 2.28. The predicted molar refractivity (Wildman–Crippen MR) is 262 cm³/mol. The number of unbranched alkanes of at least 4 members (excludes halogenated alkanes) is 4. The Labute approximate surface area is 394 Å². The summed E-state index contributed by atoms with van der Waals surface area (Å²) in [6.45, 7) is 12.0. The van der Waals surface area contributed by atoms with E-state index in [2.05, 4.69) is 46.8 Å². The maximum absolute atomic E-state index is 13.2. The Bertz CT molecular complexity index is 2490. The Balaban J connectivity index is 0.737. The van der Waals surface area contributed by atoms with Gasteiger partial charge in [0.05, 0.1) is 43.2 Å². The predicted octanol–water partition coefficient (Wildman–Crippen LogP) is 6.22. The van der Waals surface area contributed by atoms with Crippen molar-refractivity contribution >= 4 is 34.4 Å². The van der Waals surface area contributed by atoms with Crippen LogP contribution >= 0.6 is 0 Å². The summed E-state index contributed by atoms with van der Waals surface area (Å²) in [6, 6.07) is 21.2. The van der Waals surface area contributed by atoms with Crippen LogP contribution < -0.4 is 35.9 Å². The van der Waals surface area contributed by atoms with E-state index in [1.165, 1.54) is 0 Å². The van der Waals surface area contributed by atoms with Crippen molar-refractivity contribution in [3.8, 4) is 11.5 Å². The highest BCUT2D eigenvalue weighted by atomic mass is 16.5. The summed E-state index contributed by atoms with van der Waals surface area (Å²) < 4.78 is 11.1. The number of nitrogens with one attached hydrogen (secondary N) is 4. The molecule has 3 aromatic heterocycles. The van der Waals surface area contributed by atoms with E-state index in [9.17, 15) is 19.2 Å². The van der Waals surface area contributed by atoms with Gasteiger partial charge in [0.2, 0.25) is 5.91 Å². The lowest BCUT2D eigenvalue weighted by atomic mass is 9.89. The minimum absolute atomic E-state index is 0.0486. The first-order valence-corrected chi connectivity index (χ1v) is 24.1. The second kappa shape index (κ2) is 24.4. The van der Waals surface area contributed by atoms with Gasteiger partial charge < -0.3 is 40.2 Å². The molecule has 4 N–H and O–H groups in total. The van der Waals surface area contributed by atoms with E-state index in [0.717, 1.165) is 135 Å². The van der Waals surface area contributed by atoms with Crippen LogP contribution in [0.3, 0.4) is 0 Å². The number of H-pyrrole nitrogens is 1. The van der Waals surface area contributed by atoms with E-state index in [-0.39, 0.29) is 35.7 Å². The lowest BCUT2D eigenvalue weighted by Gasteiger charge is -2.36. The van der Waals surface area contributed by atoms with Gasteiger partial charge in [-0.2, -0.15) is 0 Å². The van der Waals surface area contributed by atoms with Gasteiger partial charge in [-0.05, 0) is 92.6 Å². The number of anilines is 1. The number of aryl methyl sites for hydroxylation is 1. The Morgan fingerprint density at radius 1 is 0.821 bits per heavy atom. The number of amides is 3. The van der Waals surface area contributed by atoms with Gasteiger partial charge >= 0.3 is 0 Å². The van der Waals surface area contributed by atoms with Crippen LogP contribution in [0.5, 0.6) is 11.5 Å². The number of carbonyl (C=O) groups is 3. The summed E-state index contributed by atoms with van der Waals surface area (Å²) in [7, 11) is 1.63. The first-order valence-electron chi connectivity index (χ1n) is 24.1. The third-order valence-electron chi connectivity index (χ3n) is 12.8. The number of ether oxygens (including phenoxy) is 2. The van der Waals surface area contributed by atoms with Crippen molar-refractivity contribution in [2.24, 2.45) is 0 Å². The van der Waals surface area contributed by atoms with Crippen LogP contribution in [0.4, 0.5) is 5.69 Å². The number of fused-ring (bicyclic) bond motifs is 1. The molecule has 2 aliphatic rings. The topological polar surface area (TPSA) is 174 Å². The van der Waals surface area contributed by atoms with Crippen molar-refractivity contribution in [2.75, 3.05) is 77.5 Å². The van der Waals surface area contributed by atoms with Crippen LogP contribution in [0.25, 0.3) is 11.0 Å². The second-order valence-electron chi connectivity index (χ2n) is 17.5. The molecule has 3 amide bonds. The number of likely N-dealkylation sites (tertiary alicyclic amines) is 1. The van der Waals surface area contributed by atoms with Crippen LogP contribution in [0.1, 0.15) is 108 Å². The van der Waals surface area contributed by atoms with Gasteiger partial charge in [0.1, 0.15) is 17.2 Å². The van der Waals surface area contributed by atoms with E-state index in [4.69, 9.17) is 9.47 Å². The van der Waals surface area contributed by atoms with Crippen molar-refractivity contribution < 1.29 is 23.9 Å². The molecule has 2 fully saturated rings. The fraction of sp³-hybridized carbons (Fsp3) is 0.462. The lowest BCUT2D eigenvalue weighted by molar-refractivity contribution is -0.131. The normalized spacial score (nSPS) is 15.4. The zero-order chi connectivity index (χ0) is 47.0. The fourth-order valence-corrected chi connectivity index (χ4v) is 8.95. The van der Waals surface area contributed by atoms with Gasteiger partial charge in [-0.15, -0.1) is 0 Å². The van der Waals surface area contributed by atoms with Crippen LogP contribution in [0.15, 0.2) is 83.9 Å². The van der Waals surface area contributed by atoms with E-state index in [1.807, 2.05) is 79.5 Å². The molecule has 0 spiro atoms. The number of piperazine rings is 1. The Morgan fingerprint density at radius 3 is 2.36 bits per heavy atom. The number of benzene rings is 2. The smallest absolute Gasteiger partial charge is 0.269 e. The first kappa shape index (κ1) is 48.6. The van der Waals surface area contributed by atoms with Crippen LogP contribution in [-0.2, 0) is 24.3 Å². The number of methoxy groups -OCH3 is 1. The molecule has 0 saturated carbocycles. The molecule has 0 aliphatic carbocycles. The Morgan fingerprint density at radius 2 is 1.61 bits per heavy atom. The van der Waals surface area contributed by atoms with Crippen molar-refractivity contribution in [3.63, 3.8) is 0 Å². The largest absolute Gasteiger partial charge is 0.497 e. The number of aromatic amines is 1. The van der Waals surface area contributed by atoms with Gasteiger partial charge in [0.25, 0.3) is 17.4 Å². The zero-order valence-electron chi connectivity index (χ0n) is 39.4. The molecule has 5 aromatic rings. The van der Waals surface area contributed by atoms with E-state index in [0.29, 0.717) is 50.5 Å². The molecule has 0 radical (unpaired) electrons. The molecule has 2 saturated heterocycles. The zero-order valence-corrected chi connectivity index (χ0v) is 39.4. The third kappa shape index (κ3) is 13.6. The van der Waals surface area contributed by atoms with Gasteiger partial charge in [-0.1, -0.05) is 44.4 Å². The molecule has 67 heavy (non-hydrogen) atoms. The molecule has 15 nitrogen and oxygen atoms in total.